The minimum absolute atomic E-state index is 0.128. The molecule has 22 heavy (non-hydrogen) atoms. The largest absolute Gasteiger partial charge is 0.393 e. The average Bonchev–Trinajstić information content (AvgIpc) is 2.35. The van der Waals surface area contributed by atoms with Crippen LogP contribution in [0.4, 0.5) is 0 Å². The van der Waals surface area contributed by atoms with Gasteiger partial charge in [-0.25, -0.2) is 0 Å². The molecular weight excluding hydrogens is 272 g/mol. The standard InChI is InChI=1S/C20H34O2/c1-14(10-11-21)6-8-17-15(2)7-9-18-19(3,4)12-16(22)13-20(17,18)5/h10,16-18,21-22H,2,6-9,11-13H2,1,3-5H3/b14-10+/t16-,17-,18-,20+/m1/s1. The molecule has 0 aromatic rings. The molecule has 0 heterocycles. The van der Waals surface area contributed by atoms with Gasteiger partial charge in [-0.3, -0.25) is 0 Å². The zero-order valence-corrected chi connectivity index (χ0v) is 14.9. The summed E-state index contributed by atoms with van der Waals surface area (Å²) in [5.74, 6) is 1.16. The number of aliphatic hydroxyl groups is 2. The predicted octanol–water partition coefficient (Wildman–Crippen LogP) is 4.47. The molecule has 0 amide bonds. The Hall–Kier alpha value is -0.600. The lowest BCUT2D eigenvalue weighted by Gasteiger charge is -2.59. The molecule has 2 saturated carbocycles. The molecule has 2 aliphatic rings. The first kappa shape index (κ1) is 17.7. The summed E-state index contributed by atoms with van der Waals surface area (Å²) in [5.41, 5.74) is 3.01. The van der Waals surface area contributed by atoms with Crippen LogP contribution in [0.15, 0.2) is 23.8 Å². The number of hydrogen-bond acceptors (Lipinski definition) is 2. The molecule has 0 radical (unpaired) electrons. The van der Waals surface area contributed by atoms with E-state index in [0.29, 0.717) is 11.8 Å². The topological polar surface area (TPSA) is 40.5 Å². The predicted molar refractivity (Wildman–Crippen MR) is 92.6 cm³/mol. The van der Waals surface area contributed by atoms with Gasteiger partial charge in [-0.2, -0.15) is 0 Å². The molecule has 0 saturated heterocycles. The Kier molecular flexibility index (Phi) is 5.23. The summed E-state index contributed by atoms with van der Waals surface area (Å²) < 4.78 is 0. The zero-order valence-electron chi connectivity index (χ0n) is 14.9. The Morgan fingerprint density at radius 1 is 1.32 bits per heavy atom. The number of allylic oxidation sites excluding steroid dienone is 2. The molecule has 2 fully saturated rings. The molecule has 2 rings (SSSR count). The second-order valence-corrected chi connectivity index (χ2v) is 8.63. The van der Waals surface area contributed by atoms with E-state index in [0.717, 1.165) is 32.1 Å². The zero-order chi connectivity index (χ0) is 16.5. The van der Waals surface area contributed by atoms with E-state index in [1.165, 1.54) is 17.6 Å². The van der Waals surface area contributed by atoms with Gasteiger partial charge in [0.2, 0.25) is 0 Å². The minimum atomic E-state index is -0.182. The third kappa shape index (κ3) is 3.33. The Morgan fingerprint density at radius 3 is 2.64 bits per heavy atom. The van der Waals surface area contributed by atoms with Crippen molar-refractivity contribution in [1.82, 2.24) is 0 Å². The van der Waals surface area contributed by atoms with Gasteiger partial charge >= 0.3 is 0 Å². The van der Waals surface area contributed by atoms with Crippen LogP contribution in [0, 0.1) is 22.7 Å². The van der Waals surface area contributed by atoms with Crippen molar-refractivity contribution in [2.75, 3.05) is 6.61 Å². The quantitative estimate of drug-likeness (QED) is 0.752. The van der Waals surface area contributed by atoms with E-state index >= 15 is 0 Å². The van der Waals surface area contributed by atoms with E-state index in [4.69, 9.17) is 5.11 Å². The van der Waals surface area contributed by atoms with E-state index in [9.17, 15) is 5.11 Å². The summed E-state index contributed by atoms with van der Waals surface area (Å²) in [7, 11) is 0. The normalized spacial score (nSPS) is 38.7. The minimum Gasteiger partial charge on any atom is -0.393 e. The summed E-state index contributed by atoms with van der Waals surface area (Å²) in [4.78, 5) is 0. The van der Waals surface area contributed by atoms with E-state index in [-0.39, 0.29) is 23.5 Å². The average molecular weight is 306 g/mol. The van der Waals surface area contributed by atoms with E-state index in [1.807, 2.05) is 6.08 Å². The van der Waals surface area contributed by atoms with E-state index < -0.39 is 0 Å². The fraction of sp³-hybridized carbons (Fsp3) is 0.800. The first-order valence-corrected chi connectivity index (χ1v) is 8.83. The first-order valence-electron chi connectivity index (χ1n) is 8.83. The van der Waals surface area contributed by atoms with Gasteiger partial charge < -0.3 is 10.2 Å². The first-order chi connectivity index (χ1) is 10.2. The molecule has 2 aliphatic carbocycles. The number of hydrogen-bond donors (Lipinski definition) is 2. The van der Waals surface area contributed by atoms with E-state index in [1.54, 1.807) is 0 Å². The van der Waals surface area contributed by atoms with Crippen LogP contribution in [0.2, 0.25) is 0 Å². The molecule has 4 atom stereocenters. The van der Waals surface area contributed by atoms with Gasteiger partial charge in [0.25, 0.3) is 0 Å². The fourth-order valence-electron chi connectivity index (χ4n) is 5.60. The van der Waals surface area contributed by atoms with Crippen LogP contribution >= 0.6 is 0 Å². The lowest BCUT2D eigenvalue weighted by Crippen LogP contribution is -2.53. The molecule has 0 aliphatic heterocycles. The van der Waals surface area contributed by atoms with Crippen LogP contribution in [-0.2, 0) is 0 Å². The molecule has 2 heteroatoms. The molecule has 2 nitrogen and oxygen atoms in total. The van der Waals surface area contributed by atoms with Crippen molar-refractivity contribution in [1.29, 1.82) is 0 Å². The van der Waals surface area contributed by atoms with Crippen LogP contribution < -0.4 is 0 Å². The third-order valence-electron chi connectivity index (χ3n) is 6.49. The summed E-state index contributed by atoms with van der Waals surface area (Å²) in [5, 5.41) is 19.5. The summed E-state index contributed by atoms with van der Waals surface area (Å²) >= 11 is 0. The van der Waals surface area contributed by atoms with Crippen molar-refractivity contribution < 1.29 is 10.2 Å². The van der Waals surface area contributed by atoms with Gasteiger partial charge in [0, 0.05) is 0 Å². The highest BCUT2D eigenvalue weighted by Gasteiger charge is 2.54. The fourth-order valence-corrected chi connectivity index (χ4v) is 5.60. The molecule has 126 valence electrons. The highest BCUT2D eigenvalue weighted by Crippen LogP contribution is 2.61. The highest BCUT2D eigenvalue weighted by molar-refractivity contribution is 5.17. The van der Waals surface area contributed by atoms with Gasteiger partial charge in [-0.15, -0.1) is 0 Å². The SMILES string of the molecule is C=C1CC[C@@H]2C(C)(C)C[C@@H](O)C[C@@]2(C)[C@@H]1CC/C(C)=C/CO. The van der Waals surface area contributed by atoms with Crippen LogP contribution in [-0.4, -0.2) is 22.9 Å². The Balaban J connectivity index is 2.23. The second-order valence-electron chi connectivity index (χ2n) is 8.63. The number of rotatable bonds is 4. The number of aliphatic hydroxyl groups excluding tert-OH is 2. The monoisotopic (exact) mass is 306 g/mol. The van der Waals surface area contributed by atoms with Crippen LogP contribution in [0.25, 0.3) is 0 Å². The maximum atomic E-state index is 10.4. The molecule has 0 bridgehead atoms. The summed E-state index contributed by atoms with van der Waals surface area (Å²) in [6, 6.07) is 0. The van der Waals surface area contributed by atoms with Gasteiger partial charge in [0.15, 0.2) is 0 Å². The second kappa shape index (κ2) is 6.49. The van der Waals surface area contributed by atoms with Crippen LogP contribution in [0.3, 0.4) is 0 Å². The van der Waals surface area contributed by atoms with Gasteiger partial charge in [0.1, 0.15) is 0 Å². The van der Waals surface area contributed by atoms with Crippen molar-refractivity contribution in [2.45, 2.75) is 72.3 Å². The molecular formula is C20H34O2. The van der Waals surface area contributed by atoms with Gasteiger partial charge in [0.05, 0.1) is 12.7 Å². The van der Waals surface area contributed by atoms with Crippen molar-refractivity contribution in [3.05, 3.63) is 23.8 Å². The molecule has 0 aromatic carbocycles. The smallest absolute Gasteiger partial charge is 0.0614 e. The Labute approximate surface area is 136 Å². The van der Waals surface area contributed by atoms with Crippen molar-refractivity contribution in [2.24, 2.45) is 22.7 Å². The van der Waals surface area contributed by atoms with Crippen molar-refractivity contribution >= 4 is 0 Å². The third-order valence-corrected chi connectivity index (χ3v) is 6.49. The van der Waals surface area contributed by atoms with Crippen LogP contribution in [0.1, 0.15) is 66.2 Å². The molecule has 0 unspecified atom stereocenters. The lowest BCUT2D eigenvalue weighted by molar-refractivity contribution is -0.105. The highest BCUT2D eigenvalue weighted by atomic mass is 16.3. The molecule has 0 spiro atoms. The van der Waals surface area contributed by atoms with E-state index in [2.05, 4.69) is 34.3 Å². The Bertz CT molecular complexity index is 449. The van der Waals surface area contributed by atoms with Gasteiger partial charge in [-0.1, -0.05) is 44.6 Å². The lowest BCUT2D eigenvalue weighted by atomic mass is 9.46. The maximum absolute atomic E-state index is 10.4. The summed E-state index contributed by atoms with van der Waals surface area (Å²) in [6.45, 7) is 13.7. The van der Waals surface area contributed by atoms with Crippen LogP contribution in [0.5, 0.6) is 0 Å². The molecule has 2 N–H and O–H groups in total. The maximum Gasteiger partial charge on any atom is 0.0614 e. The van der Waals surface area contributed by atoms with Gasteiger partial charge in [-0.05, 0) is 68.1 Å². The molecule has 0 aromatic heterocycles. The Morgan fingerprint density at radius 2 is 2.00 bits per heavy atom. The summed E-state index contributed by atoms with van der Waals surface area (Å²) in [6.07, 6.45) is 8.03. The van der Waals surface area contributed by atoms with Crippen molar-refractivity contribution in [3.8, 4) is 0 Å². The number of fused-ring (bicyclic) bond motifs is 1. The van der Waals surface area contributed by atoms with Crippen molar-refractivity contribution in [3.63, 3.8) is 0 Å².